The average Bonchev–Trinajstić information content (AvgIpc) is 2.58. The zero-order valence-corrected chi connectivity index (χ0v) is 12.7. The summed E-state index contributed by atoms with van der Waals surface area (Å²) in [5.74, 6) is -40.3. The van der Waals surface area contributed by atoms with Crippen molar-refractivity contribution < 1.29 is 66.6 Å². The number of nitrogens with two attached hydrogens (primary N) is 1. The highest BCUT2D eigenvalue weighted by atomic mass is 19.3. The second kappa shape index (κ2) is 4.54. The Labute approximate surface area is 145 Å². The van der Waals surface area contributed by atoms with Crippen molar-refractivity contribution in [2.75, 3.05) is 13.2 Å². The number of carbonyl (C=O) groups excluding carboxylic acids is 1. The average molecular weight is 443 g/mol. The molecule has 4 fully saturated rings. The molecular formula is C12H6F13NO2. The Kier molecular flexibility index (Phi) is 3.47. The molecule has 0 aromatic rings. The molecule has 0 aromatic carbocycles. The predicted octanol–water partition coefficient (Wildman–Crippen LogP) is 2.61. The van der Waals surface area contributed by atoms with Crippen LogP contribution >= 0.6 is 0 Å². The number of halogens is 13. The number of carbonyl (C=O) groups is 1. The smallest absolute Gasteiger partial charge is 0.339 e. The van der Waals surface area contributed by atoms with Crippen molar-refractivity contribution in [1.29, 1.82) is 0 Å². The van der Waals surface area contributed by atoms with Crippen LogP contribution in [0.4, 0.5) is 57.1 Å². The molecule has 0 spiro atoms. The fourth-order valence-corrected chi connectivity index (χ4v) is 3.99. The Morgan fingerprint density at radius 3 is 1.46 bits per heavy atom. The monoisotopic (exact) mass is 443 g/mol. The van der Waals surface area contributed by atoms with Crippen molar-refractivity contribution in [3.63, 3.8) is 0 Å². The molecule has 4 aliphatic carbocycles. The molecule has 5 unspecified atom stereocenters. The maximum Gasteiger partial charge on any atom is 0.340 e. The van der Waals surface area contributed by atoms with Gasteiger partial charge in [-0.15, -0.1) is 0 Å². The van der Waals surface area contributed by atoms with Crippen LogP contribution in [-0.4, -0.2) is 71.2 Å². The second-order valence-electron chi connectivity index (χ2n) is 6.49. The van der Waals surface area contributed by atoms with E-state index in [4.69, 9.17) is 0 Å². The molecule has 0 radical (unpaired) electrons. The third kappa shape index (κ3) is 1.24. The topological polar surface area (TPSA) is 52.3 Å². The lowest BCUT2D eigenvalue weighted by atomic mass is 9.41. The van der Waals surface area contributed by atoms with Gasteiger partial charge in [-0.05, 0) is 0 Å². The summed E-state index contributed by atoms with van der Waals surface area (Å²) in [6.45, 7) is -2.98. The molecule has 4 aliphatic rings. The molecule has 16 heteroatoms. The van der Waals surface area contributed by atoms with Crippen LogP contribution in [0, 0.1) is 0 Å². The van der Waals surface area contributed by atoms with Gasteiger partial charge in [0.1, 0.15) is 0 Å². The van der Waals surface area contributed by atoms with Crippen LogP contribution in [0.5, 0.6) is 0 Å². The van der Waals surface area contributed by atoms with Crippen LogP contribution in [0.2, 0.25) is 0 Å². The van der Waals surface area contributed by atoms with Crippen molar-refractivity contribution in [3.05, 3.63) is 0 Å². The van der Waals surface area contributed by atoms with Gasteiger partial charge in [-0.2, -0.15) is 35.1 Å². The van der Waals surface area contributed by atoms with E-state index in [1.54, 1.807) is 0 Å². The zero-order valence-electron chi connectivity index (χ0n) is 12.7. The number of ketones is 1. The Hall–Kier alpha value is -1.32. The third-order valence-electron chi connectivity index (χ3n) is 5.39. The molecule has 4 saturated carbocycles. The van der Waals surface area contributed by atoms with Gasteiger partial charge in [-0.3, -0.25) is 4.79 Å². The molecule has 0 aromatic heterocycles. The van der Waals surface area contributed by atoms with Crippen LogP contribution in [0.3, 0.4) is 0 Å². The first kappa shape index (κ1) is 21.4. The Morgan fingerprint density at radius 1 is 0.643 bits per heavy atom. The third-order valence-corrected chi connectivity index (χ3v) is 5.39. The number of rotatable bonds is 3. The minimum atomic E-state index is -7.51. The van der Waals surface area contributed by atoms with Gasteiger partial charge < -0.3 is 10.5 Å². The fraction of sp³-hybridized carbons (Fsp3) is 0.917. The van der Waals surface area contributed by atoms with Gasteiger partial charge in [0.25, 0.3) is 5.67 Å². The van der Waals surface area contributed by atoms with Gasteiger partial charge in [0, 0.05) is 6.54 Å². The molecular weight excluding hydrogens is 437 g/mol. The molecule has 5 atom stereocenters. The van der Waals surface area contributed by atoms with Gasteiger partial charge in [0.15, 0.2) is 0 Å². The lowest BCUT2D eigenvalue weighted by molar-refractivity contribution is -0.555. The first-order valence-electron chi connectivity index (χ1n) is 7.06. The van der Waals surface area contributed by atoms with E-state index in [2.05, 4.69) is 10.5 Å². The summed E-state index contributed by atoms with van der Waals surface area (Å²) in [6, 6.07) is 0. The lowest BCUT2D eigenvalue weighted by Gasteiger charge is -2.71. The minimum absolute atomic E-state index is 1.17. The molecule has 2 N–H and O–H groups in total. The molecule has 0 saturated heterocycles. The molecule has 0 amide bonds. The maximum absolute atomic E-state index is 14.9. The van der Waals surface area contributed by atoms with Crippen LogP contribution in [0.1, 0.15) is 0 Å². The molecule has 4 rings (SSSR count). The van der Waals surface area contributed by atoms with Crippen LogP contribution in [0.15, 0.2) is 0 Å². The van der Waals surface area contributed by atoms with Crippen LogP contribution < -0.4 is 5.73 Å². The first-order valence-corrected chi connectivity index (χ1v) is 7.06. The highest BCUT2D eigenvalue weighted by Crippen LogP contribution is 2.84. The summed E-state index contributed by atoms with van der Waals surface area (Å²) in [5.41, 5.74) is -23.5. The second-order valence-corrected chi connectivity index (χ2v) is 6.49. The number of hydrogen-bond acceptors (Lipinski definition) is 3. The van der Waals surface area contributed by atoms with Crippen molar-refractivity contribution >= 4 is 5.78 Å². The normalized spacial score (nSPS) is 52.1. The van der Waals surface area contributed by atoms with Gasteiger partial charge >= 0.3 is 46.6 Å². The van der Waals surface area contributed by atoms with Gasteiger partial charge in [0.05, 0.1) is 6.61 Å². The van der Waals surface area contributed by atoms with Crippen molar-refractivity contribution in [2.45, 2.75) is 52.2 Å². The van der Waals surface area contributed by atoms with E-state index < -0.39 is 71.2 Å². The van der Waals surface area contributed by atoms with Gasteiger partial charge in [0.2, 0.25) is 5.78 Å². The summed E-state index contributed by atoms with van der Waals surface area (Å²) >= 11 is 0. The molecule has 162 valence electrons. The maximum atomic E-state index is 14.9. The molecule has 4 bridgehead atoms. The highest BCUT2D eigenvalue weighted by molar-refractivity contribution is 6.04. The summed E-state index contributed by atoms with van der Waals surface area (Å²) in [4.78, 5) is 11.6. The Bertz CT molecular complexity index is 773. The van der Waals surface area contributed by atoms with Crippen LogP contribution in [0.25, 0.3) is 0 Å². The summed E-state index contributed by atoms with van der Waals surface area (Å²) in [7, 11) is 0. The van der Waals surface area contributed by atoms with Gasteiger partial charge in [-0.25, -0.2) is 22.0 Å². The molecule has 3 nitrogen and oxygen atoms in total. The van der Waals surface area contributed by atoms with E-state index in [0.717, 1.165) is 0 Å². The van der Waals surface area contributed by atoms with Crippen LogP contribution in [-0.2, 0) is 9.53 Å². The largest absolute Gasteiger partial charge is 0.340 e. The lowest BCUT2D eigenvalue weighted by Crippen LogP contribution is -3.07. The number of alkyl halides is 13. The molecule has 28 heavy (non-hydrogen) atoms. The Balaban J connectivity index is 2.60. The standard InChI is InChI=1S/C12H6F13NO2/c13-4-3(27)5(14)10(21,22)6(15,8(4,17)18)11(23,24)7(16,9(4,19)20)12(5,25)28-2-1-26/h1-2,26H2. The van der Waals surface area contributed by atoms with E-state index in [9.17, 15) is 61.9 Å². The minimum Gasteiger partial charge on any atom is -0.339 e. The fourth-order valence-electron chi connectivity index (χ4n) is 3.99. The number of ether oxygens (including phenoxy) is 1. The quantitative estimate of drug-likeness (QED) is 0.683. The highest BCUT2D eigenvalue weighted by Gasteiger charge is 3.19. The SMILES string of the molecule is NCCOC1(F)C2(F)C(=O)C3(F)C(F)(F)C(F)(C2(F)F)C(F)(F)C1(F)C3(F)F. The first-order chi connectivity index (χ1) is 12.2. The summed E-state index contributed by atoms with van der Waals surface area (Å²) in [6.07, 6.45) is 0. The van der Waals surface area contributed by atoms with Gasteiger partial charge in [-0.1, -0.05) is 0 Å². The van der Waals surface area contributed by atoms with Crippen molar-refractivity contribution in [2.24, 2.45) is 5.73 Å². The zero-order chi connectivity index (χ0) is 22.2. The summed E-state index contributed by atoms with van der Waals surface area (Å²) in [5, 5.41) is 0. The van der Waals surface area contributed by atoms with E-state index in [0.29, 0.717) is 0 Å². The summed E-state index contributed by atoms with van der Waals surface area (Å²) < 4.78 is 190. The molecule has 0 heterocycles. The predicted molar refractivity (Wildman–Crippen MR) is 59.0 cm³/mol. The van der Waals surface area contributed by atoms with Crippen molar-refractivity contribution in [1.82, 2.24) is 0 Å². The molecule has 0 aliphatic heterocycles. The van der Waals surface area contributed by atoms with E-state index in [1.165, 1.54) is 0 Å². The number of hydrogen-bond donors (Lipinski definition) is 1. The number of Topliss-reactive ketones (excluding diaryl/α,β-unsaturated/α-hetero) is 1. The van der Waals surface area contributed by atoms with Crippen molar-refractivity contribution in [3.8, 4) is 0 Å². The van der Waals surface area contributed by atoms with E-state index in [-0.39, 0.29) is 0 Å². The Morgan fingerprint density at radius 2 is 1.04 bits per heavy atom. The van der Waals surface area contributed by atoms with E-state index in [1.807, 2.05) is 0 Å². The van der Waals surface area contributed by atoms with E-state index >= 15 is 0 Å².